The molecule has 0 spiro atoms. The minimum absolute atomic E-state index is 0.0885. The minimum Gasteiger partial charge on any atom is -0.349 e. The molecule has 6 nitrogen and oxygen atoms in total. The number of rotatable bonds is 4. The SMILES string of the molecule is CC(C)(C)c1ncc(C(=O)NCCN2C(=O)CSC2=O)s1. The van der Waals surface area contributed by atoms with Gasteiger partial charge < -0.3 is 5.32 Å². The maximum atomic E-state index is 12.0. The second kappa shape index (κ2) is 6.15. The smallest absolute Gasteiger partial charge is 0.288 e. The van der Waals surface area contributed by atoms with Crippen LogP contribution >= 0.6 is 23.1 Å². The number of nitrogens with zero attached hydrogens (tertiary/aromatic N) is 2. The van der Waals surface area contributed by atoms with Crippen LogP contribution < -0.4 is 5.32 Å². The molecule has 1 aromatic heterocycles. The van der Waals surface area contributed by atoms with Crippen LogP contribution in [-0.2, 0) is 10.2 Å². The first-order chi connectivity index (χ1) is 9.79. The molecule has 0 radical (unpaired) electrons. The maximum absolute atomic E-state index is 12.0. The van der Waals surface area contributed by atoms with Crippen molar-refractivity contribution in [2.75, 3.05) is 18.8 Å². The fourth-order valence-corrected chi connectivity index (χ4v) is 3.33. The third-order valence-electron chi connectivity index (χ3n) is 2.83. The highest BCUT2D eigenvalue weighted by molar-refractivity contribution is 8.14. The number of hydrogen-bond acceptors (Lipinski definition) is 6. The Bertz CT molecular complexity index is 561. The molecule has 1 aliphatic heterocycles. The normalized spacial score (nSPS) is 15.7. The van der Waals surface area contributed by atoms with Crippen molar-refractivity contribution in [3.63, 3.8) is 0 Å². The van der Waals surface area contributed by atoms with E-state index in [9.17, 15) is 14.4 Å². The van der Waals surface area contributed by atoms with Gasteiger partial charge in [-0.3, -0.25) is 19.3 Å². The maximum Gasteiger partial charge on any atom is 0.288 e. The highest BCUT2D eigenvalue weighted by Gasteiger charge is 2.29. The Morgan fingerprint density at radius 1 is 1.43 bits per heavy atom. The summed E-state index contributed by atoms with van der Waals surface area (Å²) in [5, 5.41) is 3.36. The predicted molar refractivity (Wildman–Crippen MR) is 82.7 cm³/mol. The lowest BCUT2D eigenvalue weighted by molar-refractivity contribution is -0.124. The van der Waals surface area contributed by atoms with Crippen molar-refractivity contribution in [3.8, 4) is 0 Å². The van der Waals surface area contributed by atoms with Gasteiger partial charge in [-0.25, -0.2) is 4.98 Å². The van der Waals surface area contributed by atoms with Crippen LogP contribution in [0.2, 0.25) is 0 Å². The fraction of sp³-hybridized carbons (Fsp3) is 0.538. The van der Waals surface area contributed by atoms with E-state index in [2.05, 4.69) is 10.3 Å². The van der Waals surface area contributed by atoms with Crippen molar-refractivity contribution in [1.29, 1.82) is 0 Å². The van der Waals surface area contributed by atoms with Crippen molar-refractivity contribution in [2.24, 2.45) is 0 Å². The zero-order valence-corrected chi connectivity index (χ0v) is 13.8. The number of aromatic nitrogens is 1. The van der Waals surface area contributed by atoms with E-state index >= 15 is 0 Å². The van der Waals surface area contributed by atoms with Crippen molar-refractivity contribution < 1.29 is 14.4 Å². The Morgan fingerprint density at radius 2 is 2.14 bits per heavy atom. The molecule has 0 aliphatic carbocycles. The van der Waals surface area contributed by atoms with Crippen molar-refractivity contribution in [3.05, 3.63) is 16.1 Å². The first-order valence-corrected chi connectivity index (χ1v) is 8.31. The topological polar surface area (TPSA) is 79.4 Å². The monoisotopic (exact) mass is 327 g/mol. The predicted octanol–water partition coefficient (Wildman–Crippen LogP) is 1.87. The molecule has 8 heteroatoms. The van der Waals surface area contributed by atoms with E-state index < -0.39 is 0 Å². The van der Waals surface area contributed by atoms with E-state index in [0.717, 1.165) is 21.7 Å². The number of carbonyl (C=O) groups excluding carboxylic acids is 3. The zero-order valence-electron chi connectivity index (χ0n) is 12.1. The third kappa shape index (κ3) is 3.82. The van der Waals surface area contributed by atoms with Gasteiger partial charge in [0.15, 0.2) is 0 Å². The van der Waals surface area contributed by atoms with Crippen molar-refractivity contribution in [1.82, 2.24) is 15.2 Å². The minimum atomic E-state index is -0.248. The summed E-state index contributed by atoms with van der Waals surface area (Å²) in [6.07, 6.45) is 1.56. The molecule has 3 amide bonds. The van der Waals surface area contributed by atoms with Gasteiger partial charge in [0.2, 0.25) is 5.91 Å². The second-order valence-electron chi connectivity index (χ2n) is 5.64. The van der Waals surface area contributed by atoms with Crippen LogP contribution in [-0.4, -0.2) is 45.8 Å². The van der Waals surface area contributed by atoms with Gasteiger partial charge in [0, 0.05) is 18.5 Å². The van der Waals surface area contributed by atoms with E-state index in [4.69, 9.17) is 0 Å². The van der Waals surface area contributed by atoms with Gasteiger partial charge in [0.25, 0.3) is 11.1 Å². The van der Waals surface area contributed by atoms with Gasteiger partial charge in [-0.15, -0.1) is 11.3 Å². The van der Waals surface area contributed by atoms with Crippen LogP contribution in [0.3, 0.4) is 0 Å². The van der Waals surface area contributed by atoms with Crippen LogP contribution in [0.15, 0.2) is 6.20 Å². The number of amides is 3. The van der Waals surface area contributed by atoms with Crippen LogP contribution in [0.25, 0.3) is 0 Å². The first kappa shape index (κ1) is 16.0. The summed E-state index contributed by atoms with van der Waals surface area (Å²) in [7, 11) is 0. The molecule has 0 atom stereocenters. The Kier molecular flexibility index (Phi) is 4.67. The van der Waals surface area contributed by atoms with Crippen LogP contribution in [0.5, 0.6) is 0 Å². The summed E-state index contributed by atoms with van der Waals surface area (Å²) in [5.74, 6) is -0.238. The van der Waals surface area contributed by atoms with Gasteiger partial charge in [0.1, 0.15) is 4.88 Å². The number of imide groups is 1. The molecule has 114 valence electrons. The van der Waals surface area contributed by atoms with Crippen LogP contribution in [0.4, 0.5) is 4.79 Å². The summed E-state index contributed by atoms with van der Waals surface area (Å²) in [6.45, 7) is 6.57. The van der Waals surface area contributed by atoms with E-state index in [1.54, 1.807) is 6.20 Å². The zero-order chi connectivity index (χ0) is 15.6. The lowest BCUT2D eigenvalue weighted by Crippen LogP contribution is -2.37. The largest absolute Gasteiger partial charge is 0.349 e. The molecule has 0 bridgehead atoms. The third-order valence-corrected chi connectivity index (χ3v) is 5.11. The second-order valence-corrected chi connectivity index (χ2v) is 7.59. The van der Waals surface area contributed by atoms with Crippen molar-refractivity contribution in [2.45, 2.75) is 26.2 Å². The van der Waals surface area contributed by atoms with Crippen LogP contribution in [0.1, 0.15) is 35.5 Å². The highest BCUT2D eigenvalue weighted by Crippen LogP contribution is 2.26. The molecule has 1 saturated heterocycles. The molecule has 0 aromatic carbocycles. The number of thioether (sulfide) groups is 1. The molecule has 0 unspecified atom stereocenters. The van der Waals surface area contributed by atoms with Gasteiger partial charge in [-0.1, -0.05) is 32.5 Å². The van der Waals surface area contributed by atoms with E-state index in [-0.39, 0.29) is 41.3 Å². The van der Waals surface area contributed by atoms with Gasteiger partial charge in [-0.2, -0.15) is 0 Å². The molecular weight excluding hydrogens is 310 g/mol. The Labute approximate surface area is 131 Å². The lowest BCUT2D eigenvalue weighted by atomic mass is 9.98. The fourth-order valence-electron chi connectivity index (χ4n) is 1.69. The van der Waals surface area contributed by atoms with Gasteiger partial charge in [-0.05, 0) is 0 Å². The molecule has 1 fully saturated rings. The average molecular weight is 327 g/mol. The molecule has 1 aromatic rings. The number of hydrogen-bond donors (Lipinski definition) is 1. The lowest BCUT2D eigenvalue weighted by Gasteiger charge is -2.13. The molecule has 2 rings (SSSR count). The molecule has 0 saturated carbocycles. The summed E-state index contributed by atoms with van der Waals surface area (Å²) < 4.78 is 0. The standard InChI is InChI=1S/C13H17N3O3S2/c1-13(2,3)11-15-6-8(21-11)10(18)14-4-5-16-9(17)7-20-12(16)19/h6H,4-5,7H2,1-3H3,(H,14,18). The van der Waals surface area contributed by atoms with Crippen LogP contribution in [0, 0.1) is 0 Å². The number of thiazole rings is 1. The van der Waals surface area contributed by atoms with Gasteiger partial charge in [0.05, 0.1) is 17.0 Å². The van der Waals surface area contributed by atoms with Gasteiger partial charge >= 0.3 is 0 Å². The Balaban J connectivity index is 1.86. The molecule has 21 heavy (non-hydrogen) atoms. The molecule has 1 N–H and O–H groups in total. The average Bonchev–Trinajstić information content (AvgIpc) is 2.99. The molecule has 2 heterocycles. The first-order valence-electron chi connectivity index (χ1n) is 6.50. The summed E-state index contributed by atoms with van der Waals surface area (Å²) in [6, 6.07) is 0. The van der Waals surface area contributed by atoms with Crippen molar-refractivity contribution >= 4 is 40.2 Å². The number of nitrogens with one attached hydrogen (secondary N) is 1. The Hall–Kier alpha value is -1.41. The quantitative estimate of drug-likeness (QED) is 0.913. The van der Waals surface area contributed by atoms with E-state index in [0.29, 0.717) is 4.88 Å². The highest BCUT2D eigenvalue weighted by atomic mass is 32.2. The van der Waals surface area contributed by atoms with E-state index in [1.807, 2.05) is 20.8 Å². The molecular formula is C13H17N3O3S2. The number of carbonyl (C=O) groups is 3. The molecule has 1 aliphatic rings. The van der Waals surface area contributed by atoms with E-state index in [1.165, 1.54) is 11.3 Å². The summed E-state index contributed by atoms with van der Waals surface area (Å²) in [4.78, 5) is 40.7. The summed E-state index contributed by atoms with van der Waals surface area (Å²) in [5.41, 5.74) is -0.0885. The Morgan fingerprint density at radius 3 is 2.67 bits per heavy atom. The summed E-state index contributed by atoms with van der Waals surface area (Å²) >= 11 is 2.35.